The summed E-state index contributed by atoms with van der Waals surface area (Å²) in [5.74, 6) is 0. The highest BCUT2D eigenvalue weighted by Crippen LogP contribution is 2.29. The number of aryl methyl sites for hydroxylation is 1. The van der Waals surface area contributed by atoms with E-state index in [1.54, 1.807) is 0 Å². The molecule has 2 heterocycles. The summed E-state index contributed by atoms with van der Waals surface area (Å²) >= 11 is 0. The molecule has 0 unspecified atom stereocenters. The summed E-state index contributed by atoms with van der Waals surface area (Å²) in [5.41, 5.74) is -0.794. The van der Waals surface area contributed by atoms with Gasteiger partial charge in [-0.3, -0.25) is 14.3 Å². The topological polar surface area (TPSA) is 125 Å². The third kappa shape index (κ3) is 3.08. The Morgan fingerprint density at radius 2 is 2.05 bits per heavy atom. The highest BCUT2D eigenvalue weighted by atomic mass is 16.6. The molecule has 4 N–H and O–H groups in total. The Kier molecular flexibility index (Phi) is 4.94. The lowest BCUT2D eigenvalue weighted by atomic mass is 10.1. The summed E-state index contributed by atoms with van der Waals surface area (Å²) in [6.07, 6.45) is -2.64. The number of hydrogen-bond donors (Lipinski definition) is 4. The van der Waals surface area contributed by atoms with Crippen molar-refractivity contribution < 1.29 is 20.1 Å². The number of aliphatic hydroxyl groups is 3. The smallest absolute Gasteiger partial charge is 0.330 e. The van der Waals surface area contributed by atoms with Crippen LogP contribution < -0.4 is 11.2 Å². The van der Waals surface area contributed by atoms with Crippen LogP contribution in [0.2, 0.25) is 0 Å². The first kappa shape index (κ1) is 15.9. The molecule has 118 valence electrons. The van der Waals surface area contributed by atoms with Crippen molar-refractivity contribution in [3.63, 3.8) is 0 Å². The molecule has 21 heavy (non-hydrogen) atoms. The first-order valence-electron chi connectivity index (χ1n) is 6.96. The predicted octanol–water partition coefficient (Wildman–Crippen LogP) is -1.51. The molecule has 1 fully saturated rings. The summed E-state index contributed by atoms with van der Waals surface area (Å²) in [7, 11) is 0. The standard InChI is InChI=1S/C13H20N2O6/c1-2-3-4-7-5-9(17)14-13(20)15(7)12-11(19)10(18)8(6-16)21-12/h5,8,10-12,16,18-19H,2-4,6H2,1H3,(H,14,17,20)/t8-,10-,11-,12-/m1/s1. The van der Waals surface area contributed by atoms with Gasteiger partial charge in [0.1, 0.15) is 18.3 Å². The van der Waals surface area contributed by atoms with Gasteiger partial charge in [0.15, 0.2) is 6.23 Å². The molecule has 0 saturated carbocycles. The van der Waals surface area contributed by atoms with Gasteiger partial charge in [0.05, 0.1) is 6.61 Å². The molecular formula is C13H20N2O6. The molecule has 1 aromatic heterocycles. The minimum absolute atomic E-state index is 0.431. The molecule has 1 aromatic rings. The Morgan fingerprint density at radius 1 is 1.33 bits per heavy atom. The Labute approximate surface area is 120 Å². The molecule has 0 aliphatic carbocycles. The zero-order valence-electron chi connectivity index (χ0n) is 11.7. The molecule has 0 amide bonds. The lowest BCUT2D eigenvalue weighted by molar-refractivity contribution is -0.0563. The quantitative estimate of drug-likeness (QED) is 0.524. The van der Waals surface area contributed by atoms with Gasteiger partial charge in [0, 0.05) is 11.8 Å². The van der Waals surface area contributed by atoms with Gasteiger partial charge in [-0.1, -0.05) is 13.3 Å². The summed E-state index contributed by atoms with van der Waals surface area (Å²) in [5, 5.41) is 28.9. The third-order valence-corrected chi connectivity index (χ3v) is 3.61. The second-order valence-corrected chi connectivity index (χ2v) is 5.13. The number of unbranched alkanes of at least 4 members (excludes halogenated alkanes) is 1. The molecular weight excluding hydrogens is 280 g/mol. The van der Waals surface area contributed by atoms with Crippen LogP contribution in [0.1, 0.15) is 31.7 Å². The lowest BCUT2D eigenvalue weighted by Gasteiger charge is -2.20. The van der Waals surface area contributed by atoms with Crippen LogP contribution in [0.4, 0.5) is 0 Å². The van der Waals surface area contributed by atoms with E-state index in [1.807, 2.05) is 6.92 Å². The maximum Gasteiger partial charge on any atom is 0.330 e. The number of nitrogens with one attached hydrogen (secondary N) is 1. The number of aromatic nitrogens is 2. The van der Waals surface area contributed by atoms with Crippen LogP contribution >= 0.6 is 0 Å². The molecule has 2 rings (SSSR count). The van der Waals surface area contributed by atoms with E-state index in [4.69, 9.17) is 9.84 Å². The first-order chi connectivity index (χ1) is 9.99. The Balaban J connectivity index is 2.43. The monoisotopic (exact) mass is 300 g/mol. The SMILES string of the molecule is CCCCc1cc(=O)[nH]c(=O)n1[C@@H]1O[C@H](CO)[C@@H](O)[C@H]1O. The van der Waals surface area contributed by atoms with Crippen molar-refractivity contribution in [1.82, 2.24) is 9.55 Å². The van der Waals surface area contributed by atoms with Gasteiger partial charge in [0.25, 0.3) is 5.56 Å². The number of H-pyrrole nitrogens is 1. The maximum absolute atomic E-state index is 12.0. The van der Waals surface area contributed by atoms with E-state index in [2.05, 4.69) is 4.98 Å². The van der Waals surface area contributed by atoms with E-state index in [-0.39, 0.29) is 0 Å². The molecule has 1 aliphatic rings. The second kappa shape index (κ2) is 6.52. The van der Waals surface area contributed by atoms with E-state index in [1.165, 1.54) is 6.07 Å². The van der Waals surface area contributed by atoms with Gasteiger partial charge >= 0.3 is 5.69 Å². The first-order valence-corrected chi connectivity index (χ1v) is 6.96. The molecule has 1 saturated heterocycles. The van der Waals surface area contributed by atoms with Gasteiger partial charge in [0.2, 0.25) is 0 Å². The second-order valence-electron chi connectivity index (χ2n) is 5.13. The number of aliphatic hydroxyl groups excluding tert-OH is 3. The number of hydrogen-bond acceptors (Lipinski definition) is 6. The van der Waals surface area contributed by atoms with Crippen molar-refractivity contribution in [2.75, 3.05) is 6.61 Å². The fraction of sp³-hybridized carbons (Fsp3) is 0.692. The largest absolute Gasteiger partial charge is 0.394 e. The third-order valence-electron chi connectivity index (χ3n) is 3.61. The van der Waals surface area contributed by atoms with E-state index in [0.29, 0.717) is 12.1 Å². The number of nitrogens with zero attached hydrogens (tertiary/aromatic N) is 1. The van der Waals surface area contributed by atoms with Crippen molar-refractivity contribution in [3.05, 3.63) is 32.6 Å². The van der Waals surface area contributed by atoms with Crippen LogP contribution in [0.15, 0.2) is 15.7 Å². The van der Waals surface area contributed by atoms with Crippen molar-refractivity contribution in [2.24, 2.45) is 0 Å². The van der Waals surface area contributed by atoms with E-state index < -0.39 is 42.4 Å². The van der Waals surface area contributed by atoms with Crippen molar-refractivity contribution in [3.8, 4) is 0 Å². The van der Waals surface area contributed by atoms with E-state index in [0.717, 1.165) is 17.4 Å². The van der Waals surface area contributed by atoms with Crippen molar-refractivity contribution in [2.45, 2.75) is 50.7 Å². The zero-order chi connectivity index (χ0) is 15.6. The maximum atomic E-state index is 12.0. The zero-order valence-corrected chi connectivity index (χ0v) is 11.7. The van der Waals surface area contributed by atoms with Crippen LogP contribution in [0.25, 0.3) is 0 Å². The van der Waals surface area contributed by atoms with Gasteiger partial charge < -0.3 is 20.1 Å². The molecule has 8 nitrogen and oxygen atoms in total. The molecule has 8 heteroatoms. The van der Waals surface area contributed by atoms with Gasteiger partial charge in [-0.05, 0) is 12.8 Å². The number of aromatic amines is 1. The van der Waals surface area contributed by atoms with Crippen LogP contribution in [-0.4, -0.2) is 49.8 Å². The fourth-order valence-corrected chi connectivity index (χ4v) is 2.48. The van der Waals surface area contributed by atoms with Crippen LogP contribution in [0.5, 0.6) is 0 Å². The fourth-order valence-electron chi connectivity index (χ4n) is 2.48. The van der Waals surface area contributed by atoms with Crippen molar-refractivity contribution in [1.29, 1.82) is 0 Å². The highest BCUT2D eigenvalue weighted by Gasteiger charge is 2.44. The van der Waals surface area contributed by atoms with Crippen molar-refractivity contribution >= 4 is 0 Å². The molecule has 0 radical (unpaired) electrons. The van der Waals surface area contributed by atoms with Crippen LogP contribution in [0.3, 0.4) is 0 Å². The Bertz CT molecular complexity index is 595. The lowest BCUT2D eigenvalue weighted by Crippen LogP contribution is -2.39. The molecule has 0 bridgehead atoms. The van der Waals surface area contributed by atoms with Crippen LogP contribution in [-0.2, 0) is 11.2 Å². The number of ether oxygens (including phenoxy) is 1. The minimum atomic E-state index is -1.36. The average Bonchev–Trinajstić information content (AvgIpc) is 2.72. The summed E-state index contributed by atoms with van der Waals surface area (Å²) in [6.45, 7) is 1.50. The normalized spacial score (nSPS) is 29.0. The van der Waals surface area contributed by atoms with Gasteiger partial charge in [-0.25, -0.2) is 4.79 Å². The molecule has 0 aromatic carbocycles. The minimum Gasteiger partial charge on any atom is -0.394 e. The Morgan fingerprint density at radius 3 is 2.62 bits per heavy atom. The highest BCUT2D eigenvalue weighted by molar-refractivity contribution is 5.05. The summed E-state index contributed by atoms with van der Waals surface area (Å²) < 4.78 is 6.49. The number of rotatable bonds is 5. The summed E-state index contributed by atoms with van der Waals surface area (Å²) in [4.78, 5) is 25.6. The van der Waals surface area contributed by atoms with Gasteiger partial charge in [-0.2, -0.15) is 0 Å². The molecule has 4 atom stereocenters. The van der Waals surface area contributed by atoms with Crippen LogP contribution in [0, 0.1) is 0 Å². The molecule has 0 spiro atoms. The summed E-state index contributed by atoms with van der Waals surface area (Å²) in [6, 6.07) is 1.28. The van der Waals surface area contributed by atoms with E-state index >= 15 is 0 Å². The predicted molar refractivity (Wildman–Crippen MR) is 72.9 cm³/mol. The van der Waals surface area contributed by atoms with Gasteiger partial charge in [-0.15, -0.1) is 0 Å². The average molecular weight is 300 g/mol. The van der Waals surface area contributed by atoms with E-state index in [9.17, 15) is 19.8 Å². The Hall–Kier alpha value is -1.48. The molecule has 1 aliphatic heterocycles.